The van der Waals surface area contributed by atoms with Crippen LogP contribution in [0.5, 0.6) is 0 Å². The van der Waals surface area contributed by atoms with E-state index in [4.69, 9.17) is 0 Å². The fourth-order valence-corrected chi connectivity index (χ4v) is 5.51. The van der Waals surface area contributed by atoms with E-state index in [1.807, 2.05) is 0 Å². The first-order chi connectivity index (χ1) is 5.86. The number of hydrogen-bond donors (Lipinski definition) is 0. The molecule has 0 spiro atoms. The minimum atomic E-state index is 0.936. The van der Waals surface area contributed by atoms with Crippen LogP contribution in [0.2, 0.25) is 0 Å². The van der Waals surface area contributed by atoms with Crippen molar-refractivity contribution in [3.05, 3.63) is 11.6 Å². The van der Waals surface area contributed by atoms with Gasteiger partial charge in [-0.3, -0.25) is 0 Å². The van der Waals surface area contributed by atoms with E-state index in [1.54, 1.807) is 5.57 Å². The Hall–Kier alpha value is 0.0900. The van der Waals surface area contributed by atoms with E-state index < -0.39 is 0 Å². The predicted octanol–water partition coefficient (Wildman–Crippen LogP) is 3.24. The normalized spacial score (nSPS) is 53.6. The van der Waals surface area contributed by atoms with Crippen molar-refractivity contribution in [2.45, 2.75) is 43.1 Å². The summed E-state index contributed by atoms with van der Waals surface area (Å²) < 4.78 is 0. The van der Waals surface area contributed by atoms with Crippen molar-refractivity contribution < 1.29 is 0 Å². The number of rotatable bonds is 0. The molecule has 0 N–H and O–H groups in total. The van der Waals surface area contributed by atoms with Gasteiger partial charge in [0.1, 0.15) is 0 Å². The molecule has 66 valence electrons. The van der Waals surface area contributed by atoms with Crippen LogP contribution in [0.1, 0.15) is 32.6 Å². The highest BCUT2D eigenvalue weighted by Crippen LogP contribution is 2.56. The van der Waals surface area contributed by atoms with Crippen molar-refractivity contribution in [1.29, 1.82) is 0 Å². The fraction of sp³-hybridized carbons (Fsp3) is 0.818. The minimum absolute atomic E-state index is 0.936. The molecule has 4 bridgehead atoms. The van der Waals surface area contributed by atoms with E-state index in [9.17, 15) is 0 Å². The Morgan fingerprint density at radius 2 is 2.17 bits per heavy atom. The van der Waals surface area contributed by atoms with E-state index in [2.05, 4.69) is 24.8 Å². The molecule has 0 amide bonds. The zero-order chi connectivity index (χ0) is 8.13. The summed E-state index contributed by atoms with van der Waals surface area (Å²) in [6, 6.07) is 0. The Morgan fingerprint density at radius 3 is 2.83 bits per heavy atom. The molecule has 4 atom stereocenters. The molecule has 0 aromatic carbocycles. The largest absolute Gasteiger partial charge is 0.151 e. The van der Waals surface area contributed by atoms with E-state index in [0.29, 0.717) is 0 Å². The van der Waals surface area contributed by atoms with Crippen LogP contribution in [0.15, 0.2) is 11.6 Å². The third-order valence-electron chi connectivity index (χ3n) is 3.84. The molecule has 4 unspecified atom stereocenters. The smallest absolute Gasteiger partial charge is 0.0264 e. The Kier molecular flexibility index (Phi) is 1.58. The van der Waals surface area contributed by atoms with E-state index in [-0.39, 0.29) is 0 Å². The van der Waals surface area contributed by atoms with Crippen molar-refractivity contribution in [3.8, 4) is 0 Å². The quantitative estimate of drug-likeness (QED) is 0.516. The summed E-state index contributed by atoms with van der Waals surface area (Å²) >= 11 is 2.27. The van der Waals surface area contributed by atoms with Gasteiger partial charge in [0.25, 0.3) is 0 Å². The van der Waals surface area contributed by atoms with Crippen LogP contribution in [0.25, 0.3) is 0 Å². The Bertz CT molecular complexity index is 199. The molecule has 2 heterocycles. The highest BCUT2D eigenvalue weighted by molar-refractivity contribution is 8.00. The van der Waals surface area contributed by atoms with E-state index in [1.165, 1.54) is 25.7 Å². The summed E-state index contributed by atoms with van der Waals surface area (Å²) in [5.74, 6) is 2.10. The van der Waals surface area contributed by atoms with Crippen molar-refractivity contribution in [3.63, 3.8) is 0 Å². The molecule has 1 heteroatoms. The second kappa shape index (κ2) is 2.54. The molecule has 4 rings (SSSR count). The molecule has 0 radical (unpaired) electrons. The van der Waals surface area contributed by atoms with Crippen LogP contribution in [0.4, 0.5) is 0 Å². The highest BCUT2D eigenvalue weighted by Gasteiger charge is 2.45. The molecule has 0 aromatic heterocycles. The molecule has 2 aliphatic carbocycles. The summed E-state index contributed by atoms with van der Waals surface area (Å²) in [4.78, 5) is 0. The van der Waals surface area contributed by atoms with Gasteiger partial charge < -0.3 is 0 Å². The summed E-state index contributed by atoms with van der Waals surface area (Å²) in [5, 5.41) is 1.97. The number of thioether (sulfide) groups is 1. The van der Waals surface area contributed by atoms with Gasteiger partial charge in [0.2, 0.25) is 0 Å². The zero-order valence-corrected chi connectivity index (χ0v) is 8.44. The van der Waals surface area contributed by atoms with Gasteiger partial charge in [-0.2, -0.15) is 11.8 Å². The summed E-state index contributed by atoms with van der Waals surface area (Å²) in [6.07, 6.45) is 8.46. The molecule has 0 nitrogen and oxygen atoms in total. The van der Waals surface area contributed by atoms with E-state index in [0.717, 1.165) is 22.3 Å². The van der Waals surface area contributed by atoms with Crippen molar-refractivity contribution in [2.75, 3.05) is 0 Å². The topological polar surface area (TPSA) is 0 Å². The van der Waals surface area contributed by atoms with Crippen molar-refractivity contribution in [1.82, 2.24) is 0 Å². The summed E-state index contributed by atoms with van der Waals surface area (Å²) in [6.45, 7) is 2.23. The second-order valence-corrected chi connectivity index (χ2v) is 6.05. The van der Waals surface area contributed by atoms with Gasteiger partial charge in [0.05, 0.1) is 0 Å². The Morgan fingerprint density at radius 1 is 1.25 bits per heavy atom. The van der Waals surface area contributed by atoms with Crippen LogP contribution < -0.4 is 0 Å². The van der Waals surface area contributed by atoms with Gasteiger partial charge in [-0.05, 0) is 44.4 Å². The lowest BCUT2D eigenvalue weighted by Gasteiger charge is -2.50. The maximum atomic E-state index is 2.40. The van der Waals surface area contributed by atoms with Gasteiger partial charge in [0, 0.05) is 10.5 Å². The molecule has 4 fully saturated rings. The standard InChI is InChI=1S/C11H16S/c1-2-10-8-3-7-4-9(6-8)12-11(10)5-7/h2,7-9,11H,3-6H2,1H3/b10-2+. The molecular formula is C11H16S. The first-order valence-corrected chi connectivity index (χ1v) is 6.12. The SMILES string of the molecule is C/C=C1\C2CC3CC(C2)SC1C3. The predicted molar refractivity (Wildman–Crippen MR) is 54.4 cm³/mol. The fourth-order valence-electron chi connectivity index (χ4n) is 3.45. The first kappa shape index (κ1) is 7.49. The van der Waals surface area contributed by atoms with Crippen LogP contribution in [-0.2, 0) is 0 Å². The molecule has 2 saturated heterocycles. The molecule has 0 aromatic rings. The van der Waals surface area contributed by atoms with Gasteiger partial charge >= 0.3 is 0 Å². The maximum absolute atomic E-state index is 2.40. The zero-order valence-electron chi connectivity index (χ0n) is 7.62. The third kappa shape index (κ3) is 0.921. The monoisotopic (exact) mass is 180 g/mol. The number of allylic oxidation sites excluding steroid dienone is 1. The van der Waals surface area contributed by atoms with Gasteiger partial charge in [0.15, 0.2) is 0 Å². The summed E-state index contributed by atoms with van der Waals surface area (Å²) in [5.41, 5.74) is 1.80. The van der Waals surface area contributed by atoms with Gasteiger partial charge in [-0.25, -0.2) is 0 Å². The Balaban J connectivity index is 1.95. The van der Waals surface area contributed by atoms with Crippen LogP contribution in [0, 0.1) is 11.8 Å². The van der Waals surface area contributed by atoms with Gasteiger partial charge in [-0.15, -0.1) is 0 Å². The summed E-state index contributed by atoms with van der Waals surface area (Å²) in [7, 11) is 0. The minimum Gasteiger partial charge on any atom is -0.151 e. The first-order valence-electron chi connectivity index (χ1n) is 5.18. The Labute approximate surface area is 78.8 Å². The lowest BCUT2D eigenvalue weighted by molar-refractivity contribution is 0.236. The van der Waals surface area contributed by atoms with Crippen molar-refractivity contribution in [2.24, 2.45) is 11.8 Å². The second-order valence-electron chi connectivity index (χ2n) is 4.54. The lowest BCUT2D eigenvalue weighted by Crippen LogP contribution is -2.42. The van der Waals surface area contributed by atoms with Gasteiger partial charge in [-0.1, -0.05) is 11.6 Å². The van der Waals surface area contributed by atoms with Crippen LogP contribution in [-0.4, -0.2) is 10.5 Å². The van der Waals surface area contributed by atoms with Crippen LogP contribution in [0.3, 0.4) is 0 Å². The molecular weight excluding hydrogens is 164 g/mol. The number of hydrogen-bond acceptors (Lipinski definition) is 1. The maximum Gasteiger partial charge on any atom is 0.0264 e. The van der Waals surface area contributed by atoms with Crippen molar-refractivity contribution >= 4 is 11.8 Å². The van der Waals surface area contributed by atoms with E-state index >= 15 is 0 Å². The molecule has 4 aliphatic rings. The molecule has 2 saturated carbocycles. The lowest BCUT2D eigenvalue weighted by atomic mass is 9.68. The highest BCUT2D eigenvalue weighted by atomic mass is 32.2. The third-order valence-corrected chi connectivity index (χ3v) is 5.41. The molecule has 2 aliphatic heterocycles. The molecule has 12 heavy (non-hydrogen) atoms. The average Bonchev–Trinajstić information content (AvgIpc) is 2.02. The van der Waals surface area contributed by atoms with Crippen LogP contribution >= 0.6 is 11.8 Å². The average molecular weight is 180 g/mol.